The Labute approximate surface area is 159 Å². The van der Waals surface area contributed by atoms with Crippen LogP contribution in [0.1, 0.15) is 24.5 Å². The van der Waals surface area contributed by atoms with Crippen molar-refractivity contribution in [3.05, 3.63) is 48.0 Å². The Morgan fingerprint density at radius 3 is 2.50 bits per heavy atom. The van der Waals surface area contributed by atoms with Gasteiger partial charge >= 0.3 is 6.36 Å². The van der Waals surface area contributed by atoms with Crippen LogP contribution in [-0.2, 0) is 4.79 Å². The molecule has 0 fully saturated rings. The summed E-state index contributed by atoms with van der Waals surface area (Å²) in [5.74, 6) is 0.0831. The molecule has 6 nitrogen and oxygen atoms in total. The smallest absolute Gasteiger partial charge is 0.497 e. The van der Waals surface area contributed by atoms with Crippen LogP contribution in [-0.4, -0.2) is 31.6 Å². The Morgan fingerprint density at radius 1 is 1.11 bits per heavy atom. The zero-order valence-electron chi connectivity index (χ0n) is 15.2. The number of carbonyl (C=O) groups is 1. The molecule has 0 bridgehead atoms. The SMILES string of the molecule is COc1ccc(C(O)CCC(=O)Nc2cccc(OC(F)(F)F)c2)c(OC)c1. The van der Waals surface area contributed by atoms with E-state index >= 15 is 0 Å². The largest absolute Gasteiger partial charge is 0.573 e. The number of hydrogen-bond donors (Lipinski definition) is 2. The predicted molar refractivity (Wildman–Crippen MR) is 95.5 cm³/mol. The number of halogens is 3. The molecule has 0 radical (unpaired) electrons. The van der Waals surface area contributed by atoms with Gasteiger partial charge in [0.15, 0.2) is 0 Å². The van der Waals surface area contributed by atoms with Gasteiger partial charge in [-0.3, -0.25) is 4.79 Å². The molecule has 2 aromatic rings. The molecule has 1 amide bonds. The first-order valence-corrected chi connectivity index (χ1v) is 8.27. The zero-order valence-corrected chi connectivity index (χ0v) is 15.2. The van der Waals surface area contributed by atoms with Gasteiger partial charge in [0.1, 0.15) is 17.2 Å². The molecule has 0 aliphatic carbocycles. The van der Waals surface area contributed by atoms with Gasteiger partial charge in [-0.05, 0) is 30.7 Å². The summed E-state index contributed by atoms with van der Waals surface area (Å²) in [5.41, 5.74) is 0.653. The number of amides is 1. The van der Waals surface area contributed by atoms with Crippen LogP contribution in [0.15, 0.2) is 42.5 Å². The van der Waals surface area contributed by atoms with E-state index in [0.29, 0.717) is 17.1 Å². The monoisotopic (exact) mass is 399 g/mol. The molecule has 1 atom stereocenters. The van der Waals surface area contributed by atoms with Crippen LogP contribution in [0.25, 0.3) is 0 Å². The number of carbonyl (C=O) groups excluding carboxylic acids is 1. The summed E-state index contributed by atoms with van der Waals surface area (Å²) in [6.45, 7) is 0. The van der Waals surface area contributed by atoms with Gasteiger partial charge in [-0.25, -0.2) is 0 Å². The maximum absolute atomic E-state index is 12.3. The molecule has 0 saturated carbocycles. The van der Waals surface area contributed by atoms with E-state index in [1.54, 1.807) is 18.2 Å². The highest BCUT2D eigenvalue weighted by Gasteiger charge is 2.31. The number of aliphatic hydroxyl groups excluding tert-OH is 1. The molecule has 2 aromatic carbocycles. The Morgan fingerprint density at radius 2 is 1.86 bits per heavy atom. The second-order valence-electron chi connectivity index (χ2n) is 5.79. The number of rotatable bonds is 8. The molecule has 152 valence electrons. The fraction of sp³-hybridized carbons (Fsp3) is 0.316. The summed E-state index contributed by atoms with van der Waals surface area (Å²) in [6.07, 6.45) is -5.75. The van der Waals surface area contributed by atoms with Crippen LogP contribution in [0.5, 0.6) is 17.2 Å². The Kier molecular flexibility index (Phi) is 7.11. The van der Waals surface area contributed by atoms with Crippen molar-refractivity contribution in [2.75, 3.05) is 19.5 Å². The predicted octanol–water partition coefficient (Wildman–Crippen LogP) is 4.05. The molecule has 0 spiro atoms. The normalized spacial score (nSPS) is 12.2. The van der Waals surface area contributed by atoms with Crippen molar-refractivity contribution in [1.82, 2.24) is 0 Å². The Hall–Kier alpha value is -2.94. The van der Waals surface area contributed by atoms with Gasteiger partial charge in [0.05, 0.1) is 20.3 Å². The number of anilines is 1. The third-order valence-electron chi connectivity index (χ3n) is 3.80. The summed E-state index contributed by atoms with van der Waals surface area (Å²) >= 11 is 0. The number of methoxy groups -OCH3 is 2. The molecule has 2 N–H and O–H groups in total. The van der Waals surface area contributed by atoms with Gasteiger partial charge in [-0.15, -0.1) is 13.2 Å². The molecule has 0 saturated heterocycles. The van der Waals surface area contributed by atoms with E-state index in [2.05, 4.69) is 10.1 Å². The summed E-state index contributed by atoms with van der Waals surface area (Å²) in [5, 5.41) is 12.8. The van der Waals surface area contributed by atoms with E-state index in [1.807, 2.05) is 0 Å². The van der Waals surface area contributed by atoms with Crippen molar-refractivity contribution in [3.8, 4) is 17.2 Å². The zero-order chi connectivity index (χ0) is 20.7. The first-order valence-electron chi connectivity index (χ1n) is 8.27. The molecule has 9 heteroatoms. The van der Waals surface area contributed by atoms with E-state index < -0.39 is 24.1 Å². The fourth-order valence-corrected chi connectivity index (χ4v) is 2.51. The van der Waals surface area contributed by atoms with E-state index in [0.717, 1.165) is 12.1 Å². The quantitative estimate of drug-likeness (QED) is 0.700. The van der Waals surface area contributed by atoms with E-state index in [9.17, 15) is 23.1 Å². The van der Waals surface area contributed by atoms with Crippen molar-refractivity contribution in [2.24, 2.45) is 0 Å². The first kappa shape index (κ1) is 21.4. The lowest BCUT2D eigenvalue weighted by molar-refractivity contribution is -0.274. The minimum Gasteiger partial charge on any atom is -0.497 e. The third kappa shape index (κ3) is 6.34. The molecule has 2 rings (SSSR count). The van der Waals surface area contributed by atoms with Crippen molar-refractivity contribution >= 4 is 11.6 Å². The Balaban J connectivity index is 1.95. The van der Waals surface area contributed by atoms with Crippen molar-refractivity contribution in [1.29, 1.82) is 0 Å². The highest BCUT2D eigenvalue weighted by atomic mass is 19.4. The van der Waals surface area contributed by atoms with Crippen LogP contribution >= 0.6 is 0 Å². The average molecular weight is 399 g/mol. The van der Waals surface area contributed by atoms with Gasteiger partial charge in [-0.2, -0.15) is 0 Å². The number of alkyl halides is 3. The average Bonchev–Trinajstić information content (AvgIpc) is 2.64. The number of aliphatic hydroxyl groups is 1. The lowest BCUT2D eigenvalue weighted by atomic mass is 10.0. The lowest BCUT2D eigenvalue weighted by Crippen LogP contribution is -2.17. The maximum atomic E-state index is 12.3. The van der Waals surface area contributed by atoms with E-state index in [1.165, 1.54) is 26.4 Å². The molecular formula is C19H20F3NO5. The summed E-state index contributed by atoms with van der Waals surface area (Å²) in [7, 11) is 2.96. The molecule has 0 heterocycles. The van der Waals surface area contributed by atoms with Gasteiger partial charge in [0, 0.05) is 29.8 Å². The van der Waals surface area contributed by atoms with Crippen molar-refractivity contribution in [2.45, 2.75) is 25.3 Å². The lowest BCUT2D eigenvalue weighted by Gasteiger charge is -2.16. The van der Waals surface area contributed by atoms with Crippen LogP contribution in [0.4, 0.5) is 18.9 Å². The summed E-state index contributed by atoms with van der Waals surface area (Å²) in [6, 6.07) is 9.87. The minimum absolute atomic E-state index is 0.0549. The van der Waals surface area contributed by atoms with Crippen LogP contribution in [0, 0.1) is 0 Å². The number of nitrogens with one attached hydrogen (secondary N) is 1. The minimum atomic E-state index is -4.82. The van der Waals surface area contributed by atoms with Gasteiger partial charge < -0.3 is 24.6 Å². The van der Waals surface area contributed by atoms with E-state index in [-0.39, 0.29) is 18.5 Å². The molecule has 28 heavy (non-hydrogen) atoms. The molecular weight excluding hydrogens is 379 g/mol. The van der Waals surface area contributed by atoms with Crippen LogP contribution in [0.3, 0.4) is 0 Å². The first-order chi connectivity index (χ1) is 13.2. The van der Waals surface area contributed by atoms with Gasteiger partial charge in [0.25, 0.3) is 0 Å². The second-order valence-corrected chi connectivity index (χ2v) is 5.79. The van der Waals surface area contributed by atoms with Gasteiger partial charge in [0.2, 0.25) is 5.91 Å². The van der Waals surface area contributed by atoms with Crippen molar-refractivity contribution in [3.63, 3.8) is 0 Å². The second kappa shape index (κ2) is 9.32. The van der Waals surface area contributed by atoms with E-state index in [4.69, 9.17) is 9.47 Å². The molecule has 0 aliphatic rings. The number of benzene rings is 2. The Bertz CT molecular complexity index is 810. The standard InChI is InChI=1S/C19H20F3NO5/c1-26-13-6-7-15(17(11-13)27-2)16(24)8-9-18(25)23-12-4-3-5-14(10-12)28-19(20,21)22/h3-7,10-11,16,24H,8-9H2,1-2H3,(H,23,25). The topological polar surface area (TPSA) is 77.0 Å². The van der Waals surface area contributed by atoms with Gasteiger partial charge in [-0.1, -0.05) is 6.07 Å². The molecule has 0 aliphatic heterocycles. The molecule has 1 unspecified atom stereocenters. The van der Waals surface area contributed by atoms with Crippen LogP contribution in [0.2, 0.25) is 0 Å². The third-order valence-corrected chi connectivity index (χ3v) is 3.80. The fourth-order valence-electron chi connectivity index (χ4n) is 2.51. The van der Waals surface area contributed by atoms with Crippen LogP contribution < -0.4 is 19.5 Å². The summed E-state index contributed by atoms with van der Waals surface area (Å²) in [4.78, 5) is 12.1. The molecule has 0 aromatic heterocycles. The number of hydrogen-bond acceptors (Lipinski definition) is 5. The number of ether oxygens (including phenoxy) is 3. The highest BCUT2D eigenvalue weighted by Crippen LogP contribution is 2.31. The highest BCUT2D eigenvalue weighted by molar-refractivity contribution is 5.90. The maximum Gasteiger partial charge on any atom is 0.573 e. The summed E-state index contributed by atoms with van der Waals surface area (Å²) < 4.78 is 50.9. The van der Waals surface area contributed by atoms with Crippen molar-refractivity contribution < 1.29 is 37.3 Å².